The number of ether oxygens (including phenoxy) is 1. The van der Waals surface area contributed by atoms with Crippen LogP contribution in [0.15, 0.2) is 48.6 Å². The van der Waals surface area contributed by atoms with Crippen LogP contribution in [0, 0.1) is 0 Å². The van der Waals surface area contributed by atoms with Crippen molar-refractivity contribution in [1.82, 2.24) is 0 Å². The highest BCUT2D eigenvalue weighted by Gasteiger charge is 1.99. The van der Waals surface area contributed by atoms with Gasteiger partial charge in [0.15, 0.2) is 11.5 Å². The van der Waals surface area contributed by atoms with E-state index < -0.39 is 5.97 Å². The van der Waals surface area contributed by atoms with Crippen molar-refractivity contribution < 1.29 is 19.7 Å². The van der Waals surface area contributed by atoms with E-state index in [4.69, 9.17) is 9.84 Å². The van der Waals surface area contributed by atoms with Gasteiger partial charge >= 0.3 is 5.97 Å². The molecule has 1 aromatic rings. The Morgan fingerprint density at radius 2 is 1.94 bits per heavy atom. The van der Waals surface area contributed by atoms with Crippen molar-refractivity contribution in [3.63, 3.8) is 0 Å². The molecule has 18 heavy (non-hydrogen) atoms. The summed E-state index contributed by atoms with van der Waals surface area (Å²) in [6, 6.07) is 4.99. The Hall–Kier alpha value is -2.49. The quantitative estimate of drug-likeness (QED) is 0.619. The molecule has 1 aromatic carbocycles. The summed E-state index contributed by atoms with van der Waals surface area (Å²) < 4.78 is 4.98. The summed E-state index contributed by atoms with van der Waals surface area (Å²) in [4.78, 5) is 10.2. The molecule has 0 atom stereocenters. The zero-order valence-electron chi connectivity index (χ0n) is 9.91. The molecule has 1 rings (SSSR count). The molecule has 0 unspecified atom stereocenters. The number of carboxylic acids is 1. The van der Waals surface area contributed by atoms with Gasteiger partial charge in [-0.3, -0.25) is 0 Å². The van der Waals surface area contributed by atoms with Crippen LogP contribution in [0.1, 0.15) is 5.56 Å². The number of hydrogen-bond donors (Lipinski definition) is 2. The van der Waals surface area contributed by atoms with Gasteiger partial charge in [-0.1, -0.05) is 36.4 Å². The highest BCUT2D eigenvalue weighted by atomic mass is 16.5. The van der Waals surface area contributed by atoms with Crippen molar-refractivity contribution in [2.45, 2.75) is 0 Å². The third-order valence-corrected chi connectivity index (χ3v) is 2.06. The second kappa shape index (κ2) is 6.96. The van der Waals surface area contributed by atoms with Gasteiger partial charge < -0.3 is 14.9 Å². The molecule has 0 radical (unpaired) electrons. The fourth-order valence-corrected chi connectivity index (χ4v) is 1.23. The molecule has 0 bridgehead atoms. The highest BCUT2D eigenvalue weighted by Crippen LogP contribution is 2.26. The Morgan fingerprint density at radius 3 is 2.61 bits per heavy atom. The lowest BCUT2D eigenvalue weighted by molar-refractivity contribution is -0.131. The minimum atomic E-state index is -0.980. The molecule has 0 aliphatic rings. The molecule has 94 valence electrons. The van der Waals surface area contributed by atoms with Gasteiger partial charge in [-0.15, -0.1) is 0 Å². The Labute approximate surface area is 105 Å². The zero-order valence-corrected chi connectivity index (χ0v) is 9.91. The number of rotatable bonds is 5. The first kappa shape index (κ1) is 13.6. The average Bonchev–Trinajstić information content (AvgIpc) is 2.35. The number of allylic oxidation sites excluding steroid dienone is 4. The van der Waals surface area contributed by atoms with Crippen LogP contribution in [0.25, 0.3) is 6.08 Å². The summed E-state index contributed by atoms with van der Waals surface area (Å²) in [5.74, 6) is -0.478. The lowest BCUT2D eigenvalue weighted by Crippen LogP contribution is -1.84. The Kier molecular flexibility index (Phi) is 5.25. The lowest BCUT2D eigenvalue weighted by Gasteiger charge is -2.03. The molecule has 0 heterocycles. The normalized spacial score (nSPS) is 11.6. The molecule has 2 N–H and O–H groups in total. The average molecular weight is 246 g/mol. The second-order valence-electron chi connectivity index (χ2n) is 3.37. The van der Waals surface area contributed by atoms with Gasteiger partial charge in [0.2, 0.25) is 0 Å². The maximum atomic E-state index is 10.2. The van der Waals surface area contributed by atoms with Crippen LogP contribution in [-0.2, 0) is 4.79 Å². The molecule has 4 heteroatoms. The first-order valence-electron chi connectivity index (χ1n) is 5.25. The van der Waals surface area contributed by atoms with Crippen LogP contribution in [0.2, 0.25) is 0 Å². The van der Waals surface area contributed by atoms with E-state index in [1.807, 2.05) is 6.08 Å². The number of phenols is 1. The number of carboxylic acid groups (broad SMARTS) is 1. The van der Waals surface area contributed by atoms with E-state index in [0.717, 1.165) is 11.6 Å². The third-order valence-electron chi connectivity index (χ3n) is 2.06. The number of carbonyl (C=O) groups is 1. The maximum absolute atomic E-state index is 10.2. The van der Waals surface area contributed by atoms with Crippen molar-refractivity contribution >= 4 is 12.0 Å². The van der Waals surface area contributed by atoms with Gasteiger partial charge in [-0.25, -0.2) is 4.79 Å². The molecule has 4 nitrogen and oxygen atoms in total. The predicted molar refractivity (Wildman–Crippen MR) is 69.6 cm³/mol. The van der Waals surface area contributed by atoms with Gasteiger partial charge in [-0.2, -0.15) is 0 Å². The molecule has 0 saturated heterocycles. The molecular formula is C14H14O4. The fourth-order valence-electron chi connectivity index (χ4n) is 1.23. The number of methoxy groups -OCH3 is 1. The van der Waals surface area contributed by atoms with E-state index in [-0.39, 0.29) is 5.75 Å². The first-order valence-corrected chi connectivity index (χ1v) is 5.25. The second-order valence-corrected chi connectivity index (χ2v) is 3.37. The summed E-state index contributed by atoms with van der Waals surface area (Å²) in [6.45, 7) is 0. The molecule has 0 amide bonds. The van der Waals surface area contributed by atoms with Crippen molar-refractivity contribution in [2.24, 2.45) is 0 Å². The van der Waals surface area contributed by atoms with Crippen molar-refractivity contribution in [1.29, 1.82) is 0 Å². The number of hydrogen-bond acceptors (Lipinski definition) is 3. The molecule has 0 fully saturated rings. The lowest BCUT2D eigenvalue weighted by atomic mass is 10.2. The SMILES string of the molecule is COc1cc(C=CC=CC=CC(=O)O)ccc1O. The molecule has 0 saturated carbocycles. The summed E-state index contributed by atoms with van der Waals surface area (Å²) in [6.07, 6.45) is 9.38. The smallest absolute Gasteiger partial charge is 0.328 e. The number of benzene rings is 1. The molecular weight excluding hydrogens is 232 g/mol. The van der Waals surface area contributed by atoms with E-state index in [0.29, 0.717) is 5.75 Å². The molecule has 0 aliphatic carbocycles. The molecule has 0 spiro atoms. The highest BCUT2D eigenvalue weighted by molar-refractivity contribution is 5.80. The Bertz CT molecular complexity index is 499. The minimum Gasteiger partial charge on any atom is -0.504 e. The summed E-state index contributed by atoms with van der Waals surface area (Å²) in [5, 5.41) is 17.8. The largest absolute Gasteiger partial charge is 0.504 e. The van der Waals surface area contributed by atoms with Gasteiger partial charge in [0.05, 0.1) is 7.11 Å². The van der Waals surface area contributed by atoms with Gasteiger partial charge in [-0.05, 0) is 17.7 Å². The van der Waals surface area contributed by atoms with Gasteiger partial charge in [0.1, 0.15) is 0 Å². The van der Waals surface area contributed by atoms with E-state index in [1.54, 1.807) is 36.4 Å². The van der Waals surface area contributed by atoms with Crippen LogP contribution in [0.3, 0.4) is 0 Å². The zero-order chi connectivity index (χ0) is 13.4. The Balaban J connectivity index is 2.65. The number of aliphatic carboxylic acids is 1. The van der Waals surface area contributed by atoms with E-state index in [1.165, 1.54) is 13.2 Å². The van der Waals surface area contributed by atoms with Crippen LogP contribution in [0.5, 0.6) is 11.5 Å². The summed E-state index contributed by atoms with van der Waals surface area (Å²) in [7, 11) is 1.49. The van der Waals surface area contributed by atoms with Crippen LogP contribution in [-0.4, -0.2) is 23.3 Å². The van der Waals surface area contributed by atoms with Crippen LogP contribution < -0.4 is 4.74 Å². The van der Waals surface area contributed by atoms with Crippen LogP contribution in [0.4, 0.5) is 0 Å². The monoisotopic (exact) mass is 246 g/mol. The van der Waals surface area contributed by atoms with E-state index >= 15 is 0 Å². The minimum absolute atomic E-state index is 0.0922. The van der Waals surface area contributed by atoms with Crippen molar-refractivity contribution in [3.05, 3.63) is 54.1 Å². The maximum Gasteiger partial charge on any atom is 0.328 e. The standard InChI is InChI=1S/C14H14O4/c1-18-13-10-11(8-9-12(13)15)6-4-2-3-5-7-14(16)17/h2-10,15H,1H3,(H,16,17). The fraction of sp³-hybridized carbons (Fsp3) is 0.0714. The van der Waals surface area contributed by atoms with E-state index in [9.17, 15) is 9.90 Å². The first-order chi connectivity index (χ1) is 8.63. The van der Waals surface area contributed by atoms with Gasteiger partial charge in [0, 0.05) is 6.08 Å². The van der Waals surface area contributed by atoms with Crippen molar-refractivity contribution in [2.75, 3.05) is 7.11 Å². The van der Waals surface area contributed by atoms with Gasteiger partial charge in [0.25, 0.3) is 0 Å². The molecule has 0 aliphatic heterocycles. The summed E-state index contributed by atoms with van der Waals surface area (Å²) in [5.41, 5.74) is 0.872. The topological polar surface area (TPSA) is 66.8 Å². The van der Waals surface area contributed by atoms with Crippen molar-refractivity contribution in [3.8, 4) is 11.5 Å². The number of phenolic OH excluding ortho intramolecular Hbond substituents is 1. The van der Waals surface area contributed by atoms with E-state index in [2.05, 4.69) is 0 Å². The summed E-state index contributed by atoms with van der Waals surface area (Å²) >= 11 is 0. The van der Waals surface area contributed by atoms with Crippen LogP contribution >= 0.6 is 0 Å². The third kappa shape index (κ3) is 4.57. The number of aromatic hydroxyl groups is 1. The predicted octanol–water partition coefficient (Wildman–Crippen LogP) is 2.61. The molecule has 0 aromatic heterocycles. The Morgan fingerprint density at radius 1 is 1.22 bits per heavy atom.